The summed E-state index contributed by atoms with van der Waals surface area (Å²) >= 11 is 0. The fourth-order valence-electron chi connectivity index (χ4n) is 4.52. The minimum atomic E-state index is -1.03. The Kier molecular flexibility index (Phi) is 6.11. The molecule has 156 valence electrons. The van der Waals surface area contributed by atoms with E-state index in [1.165, 1.54) is 5.56 Å². The number of aryl methyl sites for hydroxylation is 1. The third kappa shape index (κ3) is 4.09. The lowest BCUT2D eigenvalue weighted by molar-refractivity contribution is -0.0841. The average molecular weight is 403 g/mol. The van der Waals surface area contributed by atoms with Crippen LogP contribution in [-0.4, -0.2) is 44.4 Å². The Labute approximate surface area is 178 Å². The van der Waals surface area contributed by atoms with Gasteiger partial charge in [-0.2, -0.15) is 0 Å². The predicted octanol–water partition coefficient (Wildman–Crippen LogP) is 3.90. The van der Waals surface area contributed by atoms with Crippen LogP contribution in [0.2, 0.25) is 0 Å². The molecule has 0 amide bonds. The van der Waals surface area contributed by atoms with Gasteiger partial charge in [0.15, 0.2) is 5.82 Å². The summed E-state index contributed by atoms with van der Waals surface area (Å²) in [7, 11) is 0. The Morgan fingerprint density at radius 3 is 2.50 bits per heavy atom. The Morgan fingerprint density at radius 2 is 1.80 bits per heavy atom. The van der Waals surface area contributed by atoms with E-state index in [9.17, 15) is 5.11 Å². The van der Waals surface area contributed by atoms with Crippen molar-refractivity contribution in [2.45, 2.75) is 31.8 Å². The summed E-state index contributed by atoms with van der Waals surface area (Å²) < 4.78 is 2.00. The first-order chi connectivity index (χ1) is 14.6. The summed E-state index contributed by atoms with van der Waals surface area (Å²) in [4.78, 5) is 2.45. The van der Waals surface area contributed by atoms with Gasteiger partial charge in [-0.15, -0.1) is 16.8 Å². The molecule has 1 aromatic heterocycles. The maximum absolute atomic E-state index is 11.9. The molecule has 1 saturated heterocycles. The molecule has 5 heteroatoms. The van der Waals surface area contributed by atoms with E-state index in [1.54, 1.807) is 0 Å². The van der Waals surface area contributed by atoms with Gasteiger partial charge in [0, 0.05) is 31.2 Å². The maximum atomic E-state index is 11.9. The number of hydrogen-bond acceptors (Lipinski definition) is 4. The smallest absolute Gasteiger partial charge is 0.170 e. The van der Waals surface area contributed by atoms with Crippen molar-refractivity contribution in [2.24, 2.45) is 5.92 Å². The van der Waals surface area contributed by atoms with Crippen LogP contribution in [-0.2, 0) is 12.0 Å². The number of aromatic nitrogens is 3. The van der Waals surface area contributed by atoms with Crippen LogP contribution in [0.1, 0.15) is 30.1 Å². The van der Waals surface area contributed by atoms with E-state index < -0.39 is 5.60 Å². The second-order valence-corrected chi connectivity index (χ2v) is 8.17. The van der Waals surface area contributed by atoms with Crippen LogP contribution < -0.4 is 0 Å². The average Bonchev–Trinajstić information content (AvgIpc) is 3.18. The van der Waals surface area contributed by atoms with Crippen LogP contribution in [0.25, 0.3) is 5.69 Å². The number of hydrogen-bond donors (Lipinski definition) is 1. The number of aliphatic hydroxyl groups is 1. The minimum absolute atomic E-state index is 0.0191. The summed E-state index contributed by atoms with van der Waals surface area (Å²) in [5, 5.41) is 20.7. The van der Waals surface area contributed by atoms with Gasteiger partial charge in [0.05, 0.1) is 0 Å². The van der Waals surface area contributed by atoms with Crippen LogP contribution in [0.15, 0.2) is 73.3 Å². The van der Waals surface area contributed by atoms with Gasteiger partial charge < -0.3 is 10.0 Å². The second kappa shape index (κ2) is 8.94. The van der Waals surface area contributed by atoms with Crippen LogP contribution in [0.3, 0.4) is 0 Å². The molecule has 2 aromatic carbocycles. The number of nitrogens with zero attached hydrogens (tertiary/aromatic N) is 4. The van der Waals surface area contributed by atoms with Crippen molar-refractivity contribution in [1.29, 1.82) is 0 Å². The van der Waals surface area contributed by atoms with Crippen molar-refractivity contribution in [3.05, 3.63) is 90.5 Å². The second-order valence-electron chi connectivity index (χ2n) is 8.17. The summed E-state index contributed by atoms with van der Waals surface area (Å²) in [5.41, 5.74) is 1.29. The standard InChI is InChI=1S/C25H30N4O/c1-3-10-22-19-28(17-15-21-11-6-4-7-12-21)18-16-25(22,30)24-27-26-20(2)29(24)23-13-8-5-9-14-23/h3-9,11-14,22,30H,1,10,15-19H2,2H3/t22-,25-/m0/s1. The van der Waals surface area contributed by atoms with E-state index in [0.717, 1.165) is 44.0 Å². The van der Waals surface area contributed by atoms with E-state index in [-0.39, 0.29) is 5.92 Å². The monoisotopic (exact) mass is 402 g/mol. The quantitative estimate of drug-likeness (QED) is 0.609. The number of benzene rings is 2. The minimum Gasteiger partial charge on any atom is -0.381 e. The van der Waals surface area contributed by atoms with E-state index in [1.807, 2.05) is 47.9 Å². The van der Waals surface area contributed by atoms with Gasteiger partial charge >= 0.3 is 0 Å². The first kappa shape index (κ1) is 20.5. The molecule has 1 aliphatic heterocycles. The molecule has 1 fully saturated rings. The molecule has 2 heterocycles. The van der Waals surface area contributed by atoms with Crippen LogP contribution in [0.4, 0.5) is 0 Å². The Morgan fingerprint density at radius 1 is 1.10 bits per heavy atom. The molecule has 0 unspecified atom stereocenters. The van der Waals surface area contributed by atoms with E-state index in [4.69, 9.17) is 0 Å². The Hall–Kier alpha value is -2.76. The summed E-state index contributed by atoms with van der Waals surface area (Å²) in [5.74, 6) is 1.44. The van der Waals surface area contributed by atoms with Gasteiger partial charge in [-0.1, -0.05) is 54.6 Å². The van der Waals surface area contributed by atoms with E-state index in [0.29, 0.717) is 12.2 Å². The van der Waals surface area contributed by atoms with Gasteiger partial charge in [-0.25, -0.2) is 0 Å². The number of allylic oxidation sites excluding steroid dienone is 1. The first-order valence-electron chi connectivity index (χ1n) is 10.7. The lowest BCUT2D eigenvalue weighted by Gasteiger charge is -2.44. The molecule has 0 radical (unpaired) electrons. The van der Waals surface area contributed by atoms with E-state index >= 15 is 0 Å². The van der Waals surface area contributed by atoms with Crippen molar-refractivity contribution in [1.82, 2.24) is 19.7 Å². The number of rotatable bonds is 7. The maximum Gasteiger partial charge on any atom is 0.170 e. The number of para-hydroxylation sites is 1. The molecule has 0 spiro atoms. The molecule has 2 atom stereocenters. The van der Waals surface area contributed by atoms with Gasteiger partial charge in [-0.05, 0) is 43.9 Å². The molecule has 5 nitrogen and oxygen atoms in total. The zero-order valence-electron chi connectivity index (χ0n) is 17.6. The predicted molar refractivity (Wildman–Crippen MR) is 119 cm³/mol. The zero-order chi connectivity index (χ0) is 21.0. The largest absolute Gasteiger partial charge is 0.381 e. The van der Waals surface area contributed by atoms with Gasteiger partial charge in [0.25, 0.3) is 0 Å². The molecule has 0 bridgehead atoms. The zero-order valence-corrected chi connectivity index (χ0v) is 17.6. The van der Waals surface area contributed by atoms with Gasteiger partial charge in [0.1, 0.15) is 11.4 Å². The highest BCUT2D eigenvalue weighted by Gasteiger charge is 2.46. The van der Waals surface area contributed by atoms with Crippen molar-refractivity contribution < 1.29 is 5.11 Å². The fraction of sp³-hybridized carbons (Fsp3) is 0.360. The fourth-order valence-corrected chi connectivity index (χ4v) is 4.52. The van der Waals surface area contributed by atoms with Gasteiger partial charge in [0.2, 0.25) is 0 Å². The van der Waals surface area contributed by atoms with Crippen LogP contribution in [0.5, 0.6) is 0 Å². The SMILES string of the molecule is C=CC[C@H]1CN(CCc2ccccc2)CC[C@@]1(O)c1nnc(C)n1-c1ccccc1. The highest BCUT2D eigenvalue weighted by molar-refractivity contribution is 5.35. The summed E-state index contributed by atoms with van der Waals surface area (Å²) in [6.07, 6.45) is 4.29. The highest BCUT2D eigenvalue weighted by Crippen LogP contribution is 2.39. The van der Waals surface area contributed by atoms with E-state index in [2.05, 4.69) is 52.0 Å². The lowest BCUT2D eigenvalue weighted by Crippen LogP contribution is -2.51. The Balaban J connectivity index is 1.57. The molecule has 1 aliphatic rings. The molecule has 30 heavy (non-hydrogen) atoms. The summed E-state index contributed by atoms with van der Waals surface area (Å²) in [6, 6.07) is 20.6. The lowest BCUT2D eigenvalue weighted by atomic mass is 9.78. The first-order valence-corrected chi connectivity index (χ1v) is 10.7. The molecule has 1 N–H and O–H groups in total. The number of piperidine rings is 1. The van der Waals surface area contributed by atoms with Crippen molar-refractivity contribution in [3.8, 4) is 5.69 Å². The normalized spacial score (nSPS) is 22.1. The van der Waals surface area contributed by atoms with Crippen LogP contribution >= 0.6 is 0 Å². The Bertz CT molecular complexity index is 969. The number of likely N-dealkylation sites (tertiary alicyclic amines) is 1. The third-order valence-corrected chi connectivity index (χ3v) is 6.20. The third-order valence-electron chi connectivity index (χ3n) is 6.20. The van der Waals surface area contributed by atoms with Crippen molar-refractivity contribution in [2.75, 3.05) is 19.6 Å². The molecule has 0 saturated carbocycles. The van der Waals surface area contributed by atoms with Gasteiger partial charge in [-0.3, -0.25) is 4.57 Å². The topological polar surface area (TPSA) is 54.2 Å². The molecule has 4 rings (SSSR count). The molecule has 0 aliphatic carbocycles. The molecular weight excluding hydrogens is 372 g/mol. The van der Waals surface area contributed by atoms with Crippen LogP contribution in [0, 0.1) is 12.8 Å². The van der Waals surface area contributed by atoms with Crippen molar-refractivity contribution >= 4 is 0 Å². The van der Waals surface area contributed by atoms with Crippen molar-refractivity contribution in [3.63, 3.8) is 0 Å². The molecular formula is C25H30N4O. The molecule has 3 aromatic rings. The summed E-state index contributed by atoms with van der Waals surface area (Å²) in [6.45, 7) is 8.51. The highest BCUT2D eigenvalue weighted by atomic mass is 16.3.